The Morgan fingerprint density at radius 2 is 2.17 bits per heavy atom. The third kappa shape index (κ3) is 2.06. The summed E-state index contributed by atoms with van der Waals surface area (Å²) in [4.78, 5) is 3.73. The molecule has 0 radical (unpaired) electrons. The fourth-order valence-electron chi connectivity index (χ4n) is 3.09. The van der Waals surface area contributed by atoms with Gasteiger partial charge in [0, 0.05) is 22.7 Å². The summed E-state index contributed by atoms with van der Waals surface area (Å²) < 4.78 is 0. The molecule has 0 saturated heterocycles. The first-order chi connectivity index (χ1) is 8.77. The molecule has 2 heterocycles. The maximum Gasteiger partial charge on any atom is 0.130 e. The van der Waals surface area contributed by atoms with Crippen LogP contribution < -0.4 is 5.73 Å². The molecule has 1 atom stereocenters. The minimum Gasteiger partial charge on any atom is -0.343 e. The largest absolute Gasteiger partial charge is 0.343 e. The van der Waals surface area contributed by atoms with Crippen LogP contribution in [0.15, 0.2) is 17.3 Å². The zero-order valence-electron chi connectivity index (χ0n) is 10.7. The van der Waals surface area contributed by atoms with Gasteiger partial charge in [-0.15, -0.1) is 0 Å². The average molecular weight is 264 g/mol. The highest BCUT2D eigenvalue weighted by Gasteiger charge is 2.34. The van der Waals surface area contributed by atoms with Crippen LogP contribution in [0.5, 0.6) is 0 Å². The second-order valence-corrected chi connectivity index (χ2v) is 6.43. The van der Waals surface area contributed by atoms with E-state index >= 15 is 0 Å². The van der Waals surface area contributed by atoms with Crippen LogP contribution in [-0.2, 0) is 0 Å². The molecule has 18 heavy (non-hydrogen) atoms. The van der Waals surface area contributed by atoms with Gasteiger partial charge in [-0.2, -0.15) is 5.10 Å². The summed E-state index contributed by atoms with van der Waals surface area (Å²) in [6, 6.07) is 0.601. The topological polar surface area (TPSA) is 57.9 Å². The lowest BCUT2D eigenvalue weighted by Gasteiger charge is -2.37. The smallest absolute Gasteiger partial charge is 0.130 e. The van der Waals surface area contributed by atoms with Gasteiger partial charge in [0.15, 0.2) is 0 Å². The van der Waals surface area contributed by atoms with Gasteiger partial charge in [-0.3, -0.25) is 5.10 Å². The predicted octanol–water partition coefficient (Wildman–Crippen LogP) is 2.72. The molecule has 3 rings (SSSR count). The fraction of sp³-hybridized carbons (Fsp3) is 0.615. The molecule has 1 unspecified atom stereocenters. The van der Waals surface area contributed by atoms with Crippen LogP contribution in [0.2, 0.25) is 0 Å². The highest BCUT2D eigenvalue weighted by atomic mass is 32.2. The molecule has 0 amide bonds. The van der Waals surface area contributed by atoms with Gasteiger partial charge in [-0.1, -0.05) is 31.0 Å². The molecule has 0 bridgehead atoms. The van der Waals surface area contributed by atoms with Gasteiger partial charge >= 0.3 is 0 Å². The Kier molecular flexibility index (Phi) is 3.35. The van der Waals surface area contributed by atoms with Crippen LogP contribution >= 0.6 is 11.8 Å². The Hall–Kier alpha value is -0.940. The lowest BCUT2D eigenvalue weighted by Crippen LogP contribution is -2.43. The summed E-state index contributed by atoms with van der Waals surface area (Å²) in [5.74, 6) is 0. The van der Waals surface area contributed by atoms with E-state index in [1.54, 1.807) is 11.8 Å². The van der Waals surface area contributed by atoms with Gasteiger partial charge in [0.1, 0.15) is 5.50 Å². The first-order valence-corrected chi connectivity index (χ1v) is 7.56. The summed E-state index contributed by atoms with van der Waals surface area (Å²) in [5.41, 5.74) is 8.83. The SMILES string of the molecule is CC1=C(c2cn[nH]c2)N(C2CCCCC2)C(N)S1. The van der Waals surface area contributed by atoms with Gasteiger partial charge in [-0.05, 0) is 19.8 Å². The number of hydrogen-bond acceptors (Lipinski definition) is 4. The third-order valence-corrected chi connectivity index (χ3v) is 4.92. The Morgan fingerprint density at radius 3 is 2.83 bits per heavy atom. The predicted molar refractivity (Wildman–Crippen MR) is 75.5 cm³/mol. The molecule has 0 spiro atoms. The molecule has 0 aromatic carbocycles. The number of allylic oxidation sites excluding steroid dienone is 1. The highest BCUT2D eigenvalue weighted by molar-refractivity contribution is 8.04. The quantitative estimate of drug-likeness (QED) is 0.862. The van der Waals surface area contributed by atoms with Crippen molar-refractivity contribution in [1.82, 2.24) is 15.1 Å². The second-order valence-electron chi connectivity index (χ2n) is 5.10. The van der Waals surface area contributed by atoms with Crippen LogP contribution in [0, 0.1) is 0 Å². The van der Waals surface area contributed by atoms with Crippen molar-refractivity contribution in [2.24, 2.45) is 5.73 Å². The average Bonchev–Trinajstić information content (AvgIpc) is 2.97. The molecule has 1 fully saturated rings. The van der Waals surface area contributed by atoms with Crippen molar-refractivity contribution in [1.29, 1.82) is 0 Å². The van der Waals surface area contributed by atoms with E-state index < -0.39 is 0 Å². The summed E-state index contributed by atoms with van der Waals surface area (Å²) >= 11 is 1.77. The van der Waals surface area contributed by atoms with Crippen molar-refractivity contribution in [3.05, 3.63) is 22.9 Å². The molecular weight excluding hydrogens is 244 g/mol. The molecule has 3 N–H and O–H groups in total. The maximum atomic E-state index is 6.31. The molecule has 5 heteroatoms. The molecule has 4 nitrogen and oxygen atoms in total. The van der Waals surface area contributed by atoms with Crippen molar-refractivity contribution in [2.45, 2.75) is 50.6 Å². The minimum absolute atomic E-state index is 0.0676. The maximum absolute atomic E-state index is 6.31. The molecule has 1 aromatic heterocycles. The zero-order chi connectivity index (χ0) is 12.5. The van der Waals surface area contributed by atoms with Crippen molar-refractivity contribution >= 4 is 17.5 Å². The van der Waals surface area contributed by atoms with E-state index in [-0.39, 0.29) is 5.50 Å². The van der Waals surface area contributed by atoms with Crippen molar-refractivity contribution in [3.63, 3.8) is 0 Å². The van der Waals surface area contributed by atoms with E-state index in [1.165, 1.54) is 48.3 Å². The van der Waals surface area contributed by atoms with Gasteiger partial charge in [0.05, 0.1) is 11.9 Å². The Balaban J connectivity index is 1.91. The first kappa shape index (κ1) is 12.1. The number of thioether (sulfide) groups is 1. The van der Waals surface area contributed by atoms with E-state index in [9.17, 15) is 0 Å². The zero-order valence-corrected chi connectivity index (χ0v) is 11.5. The molecule has 98 valence electrons. The van der Waals surface area contributed by atoms with Crippen LogP contribution in [0.25, 0.3) is 5.70 Å². The highest BCUT2D eigenvalue weighted by Crippen LogP contribution is 2.43. The Morgan fingerprint density at radius 1 is 1.39 bits per heavy atom. The second kappa shape index (κ2) is 4.97. The monoisotopic (exact) mass is 264 g/mol. The van der Waals surface area contributed by atoms with Crippen LogP contribution in [0.3, 0.4) is 0 Å². The number of H-pyrrole nitrogens is 1. The fourth-order valence-corrected chi connectivity index (χ4v) is 4.17. The van der Waals surface area contributed by atoms with Crippen molar-refractivity contribution in [2.75, 3.05) is 0 Å². The molecule has 2 aliphatic rings. The summed E-state index contributed by atoms with van der Waals surface area (Å²) in [6.45, 7) is 2.16. The number of hydrogen-bond donors (Lipinski definition) is 2. The number of aromatic amines is 1. The van der Waals surface area contributed by atoms with Crippen LogP contribution in [0.4, 0.5) is 0 Å². The summed E-state index contributed by atoms with van der Waals surface area (Å²) in [7, 11) is 0. The van der Waals surface area contributed by atoms with E-state index in [4.69, 9.17) is 5.73 Å². The van der Waals surface area contributed by atoms with E-state index in [0.29, 0.717) is 6.04 Å². The standard InChI is InChI=1S/C13H20N4S/c1-9-12(10-7-15-16-8-10)17(13(14)18-9)11-5-3-2-4-6-11/h7-8,11,13H,2-6,14H2,1H3,(H,15,16). The lowest BCUT2D eigenvalue weighted by atomic mass is 9.93. The number of nitrogens with zero attached hydrogens (tertiary/aromatic N) is 2. The van der Waals surface area contributed by atoms with Gasteiger partial charge < -0.3 is 10.6 Å². The molecular formula is C13H20N4S. The Bertz CT molecular complexity index is 434. The first-order valence-electron chi connectivity index (χ1n) is 6.68. The Labute approximate surface area is 112 Å². The third-order valence-electron chi connectivity index (χ3n) is 3.90. The van der Waals surface area contributed by atoms with Crippen LogP contribution in [-0.4, -0.2) is 26.6 Å². The van der Waals surface area contributed by atoms with Gasteiger partial charge in [-0.25, -0.2) is 0 Å². The summed E-state index contributed by atoms with van der Waals surface area (Å²) in [6.07, 6.45) is 10.4. The van der Waals surface area contributed by atoms with Crippen molar-refractivity contribution < 1.29 is 0 Å². The van der Waals surface area contributed by atoms with Crippen LogP contribution in [0.1, 0.15) is 44.6 Å². The number of rotatable bonds is 2. The van der Waals surface area contributed by atoms with E-state index in [0.717, 1.165) is 0 Å². The minimum atomic E-state index is 0.0676. The number of nitrogens with two attached hydrogens (primary N) is 1. The molecule has 1 aromatic rings. The molecule has 1 aliphatic heterocycles. The summed E-state index contributed by atoms with van der Waals surface area (Å²) in [5, 5.41) is 6.97. The van der Waals surface area contributed by atoms with Crippen molar-refractivity contribution in [3.8, 4) is 0 Å². The van der Waals surface area contributed by atoms with E-state index in [1.807, 2.05) is 12.4 Å². The lowest BCUT2D eigenvalue weighted by molar-refractivity contribution is 0.224. The number of nitrogens with one attached hydrogen (secondary N) is 1. The van der Waals surface area contributed by atoms with E-state index in [2.05, 4.69) is 22.0 Å². The molecule has 1 saturated carbocycles. The molecule has 1 aliphatic carbocycles. The number of aromatic nitrogens is 2. The normalized spacial score (nSPS) is 26.1. The van der Waals surface area contributed by atoms with Gasteiger partial charge in [0.2, 0.25) is 0 Å². The van der Waals surface area contributed by atoms with Gasteiger partial charge in [0.25, 0.3) is 0 Å².